The Bertz CT molecular complexity index is 787. The van der Waals surface area contributed by atoms with Crippen LogP contribution in [-0.4, -0.2) is 78.5 Å². The minimum absolute atomic E-state index is 0.0330. The lowest BCUT2D eigenvalue weighted by atomic mass is 10.1. The lowest BCUT2D eigenvalue weighted by molar-refractivity contribution is -0.129. The highest BCUT2D eigenvalue weighted by molar-refractivity contribution is 5.91. The first-order valence-electron chi connectivity index (χ1n) is 8.50. The normalized spacial score (nSPS) is 11.9. The zero-order valence-electron chi connectivity index (χ0n) is 16.3. The fourth-order valence-electron chi connectivity index (χ4n) is 2.49. The van der Waals surface area contributed by atoms with Crippen LogP contribution in [0.15, 0.2) is 30.5 Å². The maximum absolute atomic E-state index is 12.4. The number of amides is 2. The largest absolute Gasteiger partial charge is 0.497 e. The predicted octanol–water partition coefficient (Wildman–Crippen LogP) is 0.408. The Kier molecular flexibility index (Phi) is 6.89. The van der Waals surface area contributed by atoms with Gasteiger partial charge in [-0.3, -0.25) is 9.59 Å². The van der Waals surface area contributed by atoms with Crippen molar-refractivity contribution in [3.63, 3.8) is 0 Å². The van der Waals surface area contributed by atoms with E-state index in [1.165, 1.54) is 15.8 Å². The SMILES string of the molecule is COc1cccc(C(CNC(=O)c2cn(CC(=O)N(C)C)nn2)N(C)C)c1. The van der Waals surface area contributed by atoms with Gasteiger partial charge in [-0.1, -0.05) is 17.3 Å². The van der Waals surface area contributed by atoms with Crippen molar-refractivity contribution in [2.75, 3.05) is 41.8 Å². The van der Waals surface area contributed by atoms with Crippen LogP contribution >= 0.6 is 0 Å². The fourth-order valence-corrected chi connectivity index (χ4v) is 2.49. The van der Waals surface area contributed by atoms with E-state index in [0.717, 1.165) is 11.3 Å². The molecule has 0 saturated heterocycles. The average Bonchev–Trinajstić information content (AvgIpc) is 3.10. The van der Waals surface area contributed by atoms with Gasteiger partial charge >= 0.3 is 0 Å². The standard InChI is InChI=1S/C18H26N6O3/c1-22(2)16(13-7-6-8-14(9-13)27-5)10-19-18(26)15-11-24(21-20-15)12-17(25)23(3)4/h6-9,11,16H,10,12H2,1-5H3,(H,19,26). The molecule has 27 heavy (non-hydrogen) atoms. The Balaban J connectivity index is 2.02. The Morgan fingerprint density at radius 1 is 1.26 bits per heavy atom. The van der Waals surface area contributed by atoms with Gasteiger partial charge in [0.15, 0.2) is 5.69 Å². The van der Waals surface area contributed by atoms with Crippen molar-refractivity contribution in [3.05, 3.63) is 41.7 Å². The van der Waals surface area contributed by atoms with Crippen molar-refractivity contribution < 1.29 is 14.3 Å². The van der Waals surface area contributed by atoms with Gasteiger partial charge in [-0.15, -0.1) is 5.10 Å². The van der Waals surface area contributed by atoms with Crippen molar-refractivity contribution in [1.29, 1.82) is 0 Å². The topological polar surface area (TPSA) is 92.6 Å². The van der Waals surface area contributed by atoms with Crippen molar-refractivity contribution in [2.45, 2.75) is 12.6 Å². The zero-order valence-corrected chi connectivity index (χ0v) is 16.3. The molecule has 2 rings (SSSR count). The number of carbonyl (C=O) groups is 2. The van der Waals surface area contributed by atoms with Crippen molar-refractivity contribution in [3.8, 4) is 5.75 Å². The van der Waals surface area contributed by atoms with Gasteiger partial charge in [0.25, 0.3) is 5.91 Å². The van der Waals surface area contributed by atoms with E-state index in [4.69, 9.17) is 4.74 Å². The molecular weight excluding hydrogens is 348 g/mol. The van der Waals surface area contributed by atoms with E-state index in [1.54, 1.807) is 21.2 Å². The van der Waals surface area contributed by atoms with Crippen molar-refractivity contribution in [1.82, 2.24) is 30.1 Å². The second kappa shape index (κ2) is 9.13. The van der Waals surface area contributed by atoms with E-state index in [9.17, 15) is 9.59 Å². The summed E-state index contributed by atoms with van der Waals surface area (Å²) in [4.78, 5) is 27.6. The molecule has 0 fully saturated rings. The first kappa shape index (κ1) is 20.4. The summed E-state index contributed by atoms with van der Waals surface area (Å²) in [5.74, 6) is 0.296. The van der Waals surface area contributed by atoms with E-state index in [1.807, 2.05) is 43.3 Å². The van der Waals surface area contributed by atoms with E-state index in [-0.39, 0.29) is 30.1 Å². The number of methoxy groups -OCH3 is 1. The molecule has 146 valence electrons. The highest BCUT2D eigenvalue weighted by Crippen LogP contribution is 2.22. The molecule has 0 aliphatic heterocycles. The fraction of sp³-hybridized carbons (Fsp3) is 0.444. The quantitative estimate of drug-likeness (QED) is 0.719. The lowest BCUT2D eigenvalue weighted by Gasteiger charge is -2.25. The lowest BCUT2D eigenvalue weighted by Crippen LogP contribution is -2.34. The highest BCUT2D eigenvalue weighted by Gasteiger charge is 2.18. The third-order valence-electron chi connectivity index (χ3n) is 4.13. The molecular formula is C18H26N6O3. The minimum Gasteiger partial charge on any atom is -0.497 e. The second-order valence-electron chi connectivity index (χ2n) is 6.56. The molecule has 2 aromatic rings. The van der Waals surface area contributed by atoms with Gasteiger partial charge in [0.05, 0.1) is 19.3 Å². The number of rotatable bonds is 8. The Morgan fingerprint density at radius 3 is 2.63 bits per heavy atom. The van der Waals surface area contributed by atoms with Crippen LogP contribution in [0.3, 0.4) is 0 Å². The Morgan fingerprint density at radius 2 is 2.00 bits per heavy atom. The Labute approximate surface area is 158 Å². The molecule has 0 radical (unpaired) electrons. The molecule has 1 N–H and O–H groups in total. The number of carbonyl (C=O) groups excluding carboxylic acids is 2. The molecule has 0 bridgehead atoms. The van der Waals surface area contributed by atoms with Gasteiger partial charge in [-0.2, -0.15) is 0 Å². The van der Waals surface area contributed by atoms with Crippen LogP contribution in [0.5, 0.6) is 5.75 Å². The summed E-state index contributed by atoms with van der Waals surface area (Å²) in [7, 11) is 8.83. The first-order chi connectivity index (χ1) is 12.8. The number of aromatic nitrogens is 3. The summed E-state index contributed by atoms with van der Waals surface area (Å²) in [6, 6.07) is 7.69. The van der Waals surface area contributed by atoms with Crippen LogP contribution in [-0.2, 0) is 11.3 Å². The second-order valence-corrected chi connectivity index (χ2v) is 6.56. The van der Waals surface area contributed by atoms with Crippen molar-refractivity contribution in [2.24, 2.45) is 0 Å². The summed E-state index contributed by atoms with van der Waals surface area (Å²) in [6.07, 6.45) is 1.47. The minimum atomic E-state index is -0.340. The molecule has 1 heterocycles. The van der Waals surface area contributed by atoms with Crippen LogP contribution in [0, 0.1) is 0 Å². The summed E-state index contributed by atoms with van der Waals surface area (Å²) < 4.78 is 6.62. The number of nitrogens with zero attached hydrogens (tertiary/aromatic N) is 5. The summed E-state index contributed by atoms with van der Waals surface area (Å²) >= 11 is 0. The molecule has 0 aliphatic carbocycles. The molecule has 9 nitrogen and oxygen atoms in total. The first-order valence-corrected chi connectivity index (χ1v) is 8.50. The van der Waals surface area contributed by atoms with Crippen LogP contribution in [0.25, 0.3) is 0 Å². The molecule has 0 aliphatic rings. The molecule has 9 heteroatoms. The molecule has 1 atom stereocenters. The van der Waals surface area contributed by atoms with Gasteiger partial charge in [-0.05, 0) is 31.8 Å². The summed E-state index contributed by atoms with van der Waals surface area (Å²) in [5, 5.41) is 10.6. The maximum Gasteiger partial charge on any atom is 0.273 e. The highest BCUT2D eigenvalue weighted by atomic mass is 16.5. The smallest absolute Gasteiger partial charge is 0.273 e. The third kappa shape index (κ3) is 5.52. The third-order valence-corrected chi connectivity index (χ3v) is 4.13. The van der Waals surface area contributed by atoms with Gasteiger partial charge in [-0.25, -0.2) is 4.68 Å². The molecule has 0 saturated carbocycles. The van der Waals surface area contributed by atoms with Crippen LogP contribution in [0.2, 0.25) is 0 Å². The van der Waals surface area contributed by atoms with Crippen LogP contribution < -0.4 is 10.1 Å². The Hall–Kier alpha value is -2.94. The van der Waals surface area contributed by atoms with Gasteiger partial charge in [0, 0.05) is 20.6 Å². The van der Waals surface area contributed by atoms with Crippen molar-refractivity contribution >= 4 is 11.8 Å². The van der Waals surface area contributed by atoms with Crippen LogP contribution in [0.4, 0.5) is 0 Å². The molecule has 1 aromatic carbocycles. The predicted molar refractivity (Wildman–Crippen MR) is 100 cm³/mol. The summed E-state index contributed by atoms with van der Waals surface area (Å²) in [5.41, 5.74) is 1.20. The average molecular weight is 374 g/mol. The number of hydrogen-bond acceptors (Lipinski definition) is 6. The number of ether oxygens (including phenoxy) is 1. The van der Waals surface area contributed by atoms with E-state index >= 15 is 0 Å². The van der Waals surface area contributed by atoms with Gasteiger partial charge in [0.1, 0.15) is 12.3 Å². The van der Waals surface area contributed by atoms with E-state index in [0.29, 0.717) is 6.54 Å². The molecule has 1 aromatic heterocycles. The number of nitrogens with one attached hydrogen (secondary N) is 1. The van der Waals surface area contributed by atoms with E-state index in [2.05, 4.69) is 15.6 Å². The number of benzene rings is 1. The molecule has 1 unspecified atom stereocenters. The summed E-state index contributed by atoms with van der Waals surface area (Å²) in [6.45, 7) is 0.430. The number of likely N-dealkylation sites (N-methyl/N-ethyl adjacent to an activating group) is 2. The van der Waals surface area contributed by atoms with Crippen LogP contribution in [0.1, 0.15) is 22.1 Å². The monoisotopic (exact) mass is 374 g/mol. The number of hydrogen-bond donors (Lipinski definition) is 1. The van der Waals surface area contributed by atoms with Gasteiger partial charge in [0.2, 0.25) is 5.91 Å². The zero-order chi connectivity index (χ0) is 20.0. The van der Waals surface area contributed by atoms with E-state index < -0.39 is 0 Å². The van der Waals surface area contributed by atoms with Gasteiger partial charge < -0.3 is 19.9 Å². The maximum atomic E-state index is 12.4. The molecule has 2 amide bonds. The molecule has 0 spiro atoms.